The summed E-state index contributed by atoms with van der Waals surface area (Å²) in [4.78, 5) is 6.76. The normalized spacial score (nSPS) is 26.9. The Kier molecular flexibility index (Phi) is 4.58. The monoisotopic (exact) mass is 384 g/mol. The molecule has 4 heterocycles. The number of fused-ring (bicyclic) bond motifs is 4. The number of halogens is 1. The van der Waals surface area contributed by atoms with Gasteiger partial charge in [-0.25, -0.2) is 0 Å². The van der Waals surface area contributed by atoms with Gasteiger partial charge in [-0.1, -0.05) is 17.7 Å². The van der Waals surface area contributed by atoms with Crippen LogP contribution in [0.5, 0.6) is 5.75 Å². The first-order valence-corrected chi connectivity index (χ1v) is 10.3. The molecule has 0 bridgehead atoms. The fourth-order valence-electron chi connectivity index (χ4n) is 5.07. The van der Waals surface area contributed by atoms with Crippen molar-refractivity contribution in [1.29, 1.82) is 0 Å². The van der Waals surface area contributed by atoms with Gasteiger partial charge in [0.05, 0.1) is 6.10 Å². The highest BCUT2D eigenvalue weighted by molar-refractivity contribution is 6.30. The van der Waals surface area contributed by atoms with Gasteiger partial charge in [-0.3, -0.25) is 9.88 Å². The number of benzene rings is 1. The molecule has 1 aromatic heterocycles. The molecule has 5 rings (SSSR count). The lowest BCUT2D eigenvalue weighted by molar-refractivity contribution is -0.150. The topological polar surface area (TPSA) is 34.6 Å². The van der Waals surface area contributed by atoms with E-state index in [2.05, 4.69) is 16.0 Å². The fourth-order valence-corrected chi connectivity index (χ4v) is 5.25. The zero-order valence-electron chi connectivity index (χ0n) is 15.4. The van der Waals surface area contributed by atoms with Crippen LogP contribution in [0.2, 0.25) is 5.02 Å². The third-order valence-electron chi connectivity index (χ3n) is 6.42. The van der Waals surface area contributed by atoms with Gasteiger partial charge in [0.2, 0.25) is 0 Å². The number of hydrogen-bond donors (Lipinski definition) is 0. The van der Waals surface area contributed by atoms with Crippen molar-refractivity contribution in [3.8, 4) is 5.75 Å². The van der Waals surface area contributed by atoms with Crippen LogP contribution in [0.4, 0.5) is 0 Å². The Labute approximate surface area is 165 Å². The van der Waals surface area contributed by atoms with Crippen molar-refractivity contribution in [2.24, 2.45) is 5.92 Å². The minimum atomic E-state index is -0.114. The molecule has 142 valence electrons. The molecule has 3 aliphatic heterocycles. The first kappa shape index (κ1) is 17.5. The number of pyridine rings is 1. The Bertz CT molecular complexity index is 805. The van der Waals surface area contributed by atoms with Gasteiger partial charge in [0.15, 0.2) is 0 Å². The summed E-state index contributed by atoms with van der Waals surface area (Å²) in [5.74, 6) is 1.38. The van der Waals surface area contributed by atoms with Crippen molar-refractivity contribution in [2.75, 3.05) is 19.7 Å². The van der Waals surface area contributed by atoms with Crippen LogP contribution in [-0.4, -0.2) is 35.2 Å². The summed E-state index contributed by atoms with van der Waals surface area (Å²) in [5.41, 5.74) is 2.30. The third-order valence-corrected chi connectivity index (χ3v) is 6.66. The summed E-state index contributed by atoms with van der Waals surface area (Å²) in [6, 6.07) is 10.1. The van der Waals surface area contributed by atoms with E-state index < -0.39 is 0 Å². The zero-order chi connectivity index (χ0) is 18.3. The second-order valence-electron chi connectivity index (χ2n) is 8.03. The standard InChI is InChI=1S/C22H25ClN2O2/c23-17-5-6-20-18(13-17)21-19(4-2-12-26-21)22(27-20)7-10-25(11-8-22)15-16-3-1-9-24-14-16/h1,3,5-6,9,13-14,19,21H,2,4,7-8,10-12,15H2/t19-,21+/m0/s1. The molecule has 2 saturated heterocycles. The molecular weight excluding hydrogens is 360 g/mol. The number of aromatic nitrogens is 1. The fraction of sp³-hybridized carbons (Fsp3) is 0.500. The van der Waals surface area contributed by atoms with Crippen LogP contribution >= 0.6 is 11.6 Å². The predicted molar refractivity (Wildman–Crippen MR) is 105 cm³/mol. The van der Waals surface area contributed by atoms with Gasteiger partial charge in [0, 0.05) is 68.0 Å². The van der Waals surface area contributed by atoms with E-state index in [0.29, 0.717) is 5.92 Å². The van der Waals surface area contributed by atoms with Gasteiger partial charge in [-0.2, -0.15) is 0 Å². The van der Waals surface area contributed by atoms with Gasteiger partial charge >= 0.3 is 0 Å². The van der Waals surface area contributed by atoms with Crippen LogP contribution in [-0.2, 0) is 11.3 Å². The number of ether oxygens (including phenoxy) is 2. The number of rotatable bonds is 2. The number of hydrogen-bond acceptors (Lipinski definition) is 4. The van der Waals surface area contributed by atoms with Crippen LogP contribution in [0, 0.1) is 5.92 Å². The van der Waals surface area contributed by atoms with Crippen molar-refractivity contribution < 1.29 is 9.47 Å². The predicted octanol–water partition coefficient (Wildman–Crippen LogP) is 4.63. The van der Waals surface area contributed by atoms with E-state index in [9.17, 15) is 0 Å². The van der Waals surface area contributed by atoms with E-state index in [0.717, 1.165) is 61.8 Å². The van der Waals surface area contributed by atoms with Crippen LogP contribution < -0.4 is 4.74 Å². The van der Waals surface area contributed by atoms with Crippen LogP contribution in [0.25, 0.3) is 0 Å². The molecule has 0 N–H and O–H groups in total. The largest absolute Gasteiger partial charge is 0.486 e. The second-order valence-corrected chi connectivity index (χ2v) is 8.46. The highest BCUT2D eigenvalue weighted by atomic mass is 35.5. The highest BCUT2D eigenvalue weighted by Crippen LogP contribution is 2.53. The van der Waals surface area contributed by atoms with Gasteiger partial charge in [-0.15, -0.1) is 0 Å². The lowest BCUT2D eigenvalue weighted by Gasteiger charge is -2.53. The summed E-state index contributed by atoms with van der Waals surface area (Å²) in [7, 11) is 0. The minimum absolute atomic E-state index is 0.114. The SMILES string of the molecule is Clc1ccc2c(c1)[C@H]1OCCC[C@@H]1C1(CCN(Cc3cccnc3)CC1)O2. The molecule has 2 atom stereocenters. The summed E-state index contributed by atoms with van der Waals surface area (Å²) >= 11 is 6.26. The maximum absolute atomic E-state index is 6.71. The first-order valence-electron chi connectivity index (χ1n) is 9.95. The quantitative estimate of drug-likeness (QED) is 0.756. The molecule has 0 saturated carbocycles. The van der Waals surface area contributed by atoms with Crippen molar-refractivity contribution in [2.45, 2.75) is 43.9 Å². The maximum atomic E-state index is 6.71. The second kappa shape index (κ2) is 7.08. The molecular formula is C22H25ClN2O2. The smallest absolute Gasteiger partial charge is 0.126 e. The zero-order valence-corrected chi connectivity index (χ0v) is 16.2. The van der Waals surface area contributed by atoms with Gasteiger partial charge in [0.25, 0.3) is 0 Å². The molecule has 0 radical (unpaired) electrons. The van der Waals surface area contributed by atoms with Gasteiger partial charge in [-0.05, 0) is 42.7 Å². The lowest BCUT2D eigenvalue weighted by atomic mass is 9.70. The molecule has 2 aromatic rings. The molecule has 1 aromatic carbocycles. The molecule has 2 fully saturated rings. The summed E-state index contributed by atoms with van der Waals surface area (Å²) < 4.78 is 13.0. The Morgan fingerprint density at radius 3 is 2.93 bits per heavy atom. The average Bonchev–Trinajstić information content (AvgIpc) is 2.72. The molecule has 27 heavy (non-hydrogen) atoms. The summed E-state index contributed by atoms with van der Waals surface area (Å²) in [6.45, 7) is 3.87. The molecule has 0 aliphatic carbocycles. The van der Waals surface area contributed by atoms with E-state index in [-0.39, 0.29) is 11.7 Å². The molecule has 0 amide bonds. The number of likely N-dealkylation sites (tertiary alicyclic amines) is 1. The Morgan fingerprint density at radius 2 is 2.11 bits per heavy atom. The van der Waals surface area contributed by atoms with Crippen molar-refractivity contribution in [3.05, 3.63) is 58.9 Å². The Balaban J connectivity index is 1.37. The van der Waals surface area contributed by atoms with Crippen LogP contribution in [0.15, 0.2) is 42.7 Å². The molecule has 5 heteroatoms. The van der Waals surface area contributed by atoms with Crippen molar-refractivity contribution in [1.82, 2.24) is 9.88 Å². The molecule has 4 nitrogen and oxygen atoms in total. The highest BCUT2D eigenvalue weighted by Gasteiger charge is 2.52. The lowest BCUT2D eigenvalue weighted by Crippen LogP contribution is -2.57. The average molecular weight is 385 g/mol. The van der Waals surface area contributed by atoms with E-state index in [4.69, 9.17) is 21.1 Å². The van der Waals surface area contributed by atoms with E-state index in [1.54, 1.807) is 0 Å². The van der Waals surface area contributed by atoms with E-state index in [1.165, 1.54) is 12.0 Å². The van der Waals surface area contributed by atoms with E-state index >= 15 is 0 Å². The van der Waals surface area contributed by atoms with E-state index in [1.807, 2.05) is 36.7 Å². The number of piperidine rings is 1. The Hall–Kier alpha value is -1.62. The molecule has 3 aliphatic rings. The van der Waals surface area contributed by atoms with Crippen LogP contribution in [0.3, 0.4) is 0 Å². The summed E-state index contributed by atoms with van der Waals surface area (Å²) in [5, 5.41) is 0.757. The minimum Gasteiger partial charge on any atom is -0.486 e. The van der Waals surface area contributed by atoms with Crippen LogP contribution in [0.1, 0.15) is 42.9 Å². The van der Waals surface area contributed by atoms with Gasteiger partial charge in [0.1, 0.15) is 11.4 Å². The summed E-state index contributed by atoms with van der Waals surface area (Å²) in [6.07, 6.45) is 8.27. The van der Waals surface area contributed by atoms with Crippen molar-refractivity contribution in [3.63, 3.8) is 0 Å². The number of nitrogens with zero attached hydrogens (tertiary/aromatic N) is 2. The van der Waals surface area contributed by atoms with Crippen molar-refractivity contribution >= 4 is 11.6 Å². The molecule has 1 spiro atoms. The Morgan fingerprint density at radius 1 is 1.22 bits per heavy atom. The molecule has 0 unspecified atom stereocenters. The first-order chi connectivity index (χ1) is 13.2. The third kappa shape index (κ3) is 3.24. The maximum Gasteiger partial charge on any atom is 0.126 e. The van der Waals surface area contributed by atoms with Gasteiger partial charge < -0.3 is 9.47 Å².